The second kappa shape index (κ2) is 6.41. The predicted molar refractivity (Wildman–Crippen MR) is 82.9 cm³/mol. The quantitative estimate of drug-likeness (QED) is 0.839. The van der Waals surface area contributed by atoms with Gasteiger partial charge in [0.2, 0.25) is 0 Å². The van der Waals surface area contributed by atoms with E-state index in [0.29, 0.717) is 22.8 Å². The lowest BCUT2D eigenvalue weighted by molar-refractivity contribution is 0.0783. The van der Waals surface area contributed by atoms with E-state index in [1.54, 1.807) is 35.0 Å². The van der Waals surface area contributed by atoms with E-state index in [0.717, 1.165) is 11.0 Å². The van der Waals surface area contributed by atoms with Gasteiger partial charge < -0.3 is 4.90 Å². The van der Waals surface area contributed by atoms with Crippen LogP contribution in [0.25, 0.3) is 0 Å². The van der Waals surface area contributed by atoms with Crippen LogP contribution in [0.1, 0.15) is 23.0 Å². The van der Waals surface area contributed by atoms with Crippen molar-refractivity contribution in [1.29, 1.82) is 0 Å². The minimum Gasteiger partial charge on any atom is -0.336 e. The molecule has 4 nitrogen and oxygen atoms in total. The van der Waals surface area contributed by atoms with Crippen LogP contribution >= 0.6 is 27.5 Å². The van der Waals surface area contributed by atoms with Gasteiger partial charge in [0.15, 0.2) is 0 Å². The number of aryl methyl sites for hydroxylation is 1. The second-order valence-electron chi connectivity index (χ2n) is 4.45. The molecule has 0 radical (unpaired) electrons. The fourth-order valence-electron chi connectivity index (χ4n) is 1.84. The van der Waals surface area contributed by atoms with Crippen LogP contribution in [0, 0.1) is 0 Å². The molecule has 0 saturated heterocycles. The number of hydrogen-bond donors (Lipinski definition) is 0. The fraction of sp³-hybridized carbons (Fsp3) is 0.286. The van der Waals surface area contributed by atoms with E-state index >= 15 is 0 Å². The average molecular weight is 357 g/mol. The number of rotatable bonds is 4. The molecule has 1 aromatic carbocycles. The molecule has 1 amide bonds. The van der Waals surface area contributed by atoms with Crippen molar-refractivity contribution in [2.75, 3.05) is 7.05 Å². The van der Waals surface area contributed by atoms with Crippen molar-refractivity contribution in [3.63, 3.8) is 0 Å². The molecule has 20 heavy (non-hydrogen) atoms. The number of carbonyl (C=O) groups is 1. The minimum absolute atomic E-state index is 0.0617. The summed E-state index contributed by atoms with van der Waals surface area (Å²) >= 11 is 9.48. The zero-order chi connectivity index (χ0) is 14.7. The van der Waals surface area contributed by atoms with Crippen LogP contribution < -0.4 is 0 Å². The van der Waals surface area contributed by atoms with Crippen molar-refractivity contribution in [1.82, 2.24) is 14.7 Å². The highest BCUT2D eigenvalue weighted by Crippen LogP contribution is 2.18. The number of nitrogens with zero attached hydrogens (tertiary/aromatic N) is 3. The molecule has 0 N–H and O–H groups in total. The van der Waals surface area contributed by atoms with Gasteiger partial charge >= 0.3 is 0 Å². The highest BCUT2D eigenvalue weighted by atomic mass is 79.9. The van der Waals surface area contributed by atoms with Crippen molar-refractivity contribution >= 4 is 33.4 Å². The Kier molecular flexibility index (Phi) is 4.83. The molecule has 0 saturated carbocycles. The largest absolute Gasteiger partial charge is 0.336 e. The first-order chi connectivity index (χ1) is 9.51. The minimum atomic E-state index is -0.0617. The standard InChI is InChI=1S/C14H15BrClN3O/c1-3-19-8-12(16)13(17-19)9-18(2)14(20)10-5-4-6-11(15)7-10/h4-8H,3,9H2,1-2H3. The molecule has 0 aliphatic heterocycles. The molecule has 0 atom stereocenters. The van der Waals surface area contributed by atoms with Crippen LogP contribution in [0.5, 0.6) is 0 Å². The summed E-state index contributed by atoms with van der Waals surface area (Å²) in [6.45, 7) is 3.13. The Hall–Kier alpha value is -1.33. The van der Waals surface area contributed by atoms with Gasteiger partial charge in [-0.2, -0.15) is 5.10 Å². The normalized spacial score (nSPS) is 10.6. The Labute approximate surface area is 131 Å². The lowest BCUT2D eigenvalue weighted by Crippen LogP contribution is -2.26. The monoisotopic (exact) mass is 355 g/mol. The molecule has 0 fully saturated rings. The summed E-state index contributed by atoms with van der Waals surface area (Å²) in [6, 6.07) is 7.31. The Balaban J connectivity index is 2.13. The van der Waals surface area contributed by atoms with Gasteiger partial charge in [-0.15, -0.1) is 0 Å². The van der Waals surface area contributed by atoms with Gasteiger partial charge in [0, 0.05) is 29.8 Å². The van der Waals surface area contributed by atoms with Crippen molar-refractivity contribution in [3.05, 3.63) is 51.2 Å². The molecule has 1 aromatic heterocycles. The maximum Gasteiger partial charge on any atom is 0.253 e. The SMILES string of the molecule is CCn1cc(Cl)c(CN(C)C(=O)c2cccc(Br)c2)n1. The highest BCUT2D eigenvalue weighted by molar-refractivity contribution is 9.10. The molecule has 6 heteroatoms. The predicted octanol–water partition coefficient (Wildman–Crippen LogP) is 3.59. The van der Waals surface area contributed by atoms with Crippen molar-refractivity contribution in [3.8, 4) is 0 Å². The molecule has 0 spiro atoms. The summed E-state index contributed by atoms with van der Waals surface area (Å²) in [5.41, 5.74) is 1.34. The highest BCUT2D eigenvalue weighted by Gasteiger charge is 2.15. The van der Waals surface area contributed by atoms with Gasteiger partial charge in [-0.1, -0.05) is 33.6 Å². The van der Waals surface area contributed by atoms with E-state index in [9.17, 15) is 4.79 Å². The van der Waals surface area contributed by atoms with Crippen LogP contribution in [-0.4, -0.2) is 27.6 Å². The van der Waals surface area contributed by atoms with E-state index in [-0.39, 0.29) is 5.91 Å². The van der Waals surface area contributed by atoms with Crippen LogP contribution in [0.15, 0.2) is 34.9 Å². The van der Waals surface area contributed by atoms with Gasteiger partial charge in [0.25, 0.3) is 5.91 Å². The molecule has 0 unspecified atom stereocenters. The van der Waals surface area contributed by atoms with Crippen LogP contribution in [0.4, 0.5) is 0 Å². The Morgan fingerprint density at radius 2 is 2.25 bits per heavy atom. The first-order valence-electron chi connectivity index (χ1n) is 6.24. The molecule has 1 heterocycles. The Bertz CT molecular complexity index is 627. The molecular formula is C14H15BrClN3O. The van der Waals surface area contributed by atoms with Crippen molar-refractivity contribution in [2.45, 2.75) is 20.0 Å². The molecule has 0 bridgehead atoms. The average Bonchev–Trinajstić information content (AvgIpc) is 2.78. The molecule has 2 aromatic rings. The third kappa shape index (κ3) is 3.41. The van der Waals surface area contributed by atoms with E-state index in [2.05, 4.69) is 21.0 Å². The summed E-state index contributed by atoms with van der Waals surface area (Å²) in [4.78, 5) is 13.9. The fourth-order valence-corrected chi connectivity index (χ4v) is 2.45. The first kappa shape index (κ1) is 15.1. The summed E-state index contributed by atoms with van der Waals surface area (Å²) < 4.78 is 2.64. The number of benzene rings is 1. The molecule has 0 aliphatic carbocycles. The van der Waals surface area contributed by atoms with Gasteiger partial charge in [-0.05, 0) is 25.1 Å². The van der Waals surface area contributed by atoms with Gasteiger partial charge in [-0.25, -0.2) is 0 Å². The van der Waals surface area contributed by atoms with Gasteiger partial charge in [0.1, 0.15) is 5.69 Å². The Morgan fingerprint density at radius 3 is 2.85 bits per heavy atom. The van der Waals surface area contributed by atoms with Gasteiger partial charge in [-0.3, -0.25) is 9.48 Å². The number of carbonyl (C=O) groups excluding carboxylic acids is 1. The lowest BCUT2D eigenvalue weighted by Gasteiger charge is -2.16. The smallest absolute Gasteiger partial charge is 0.253 e. The van der Waals surface area contributed by atoms with E-state index in [4.69, 9.17) is 11.6 Å². The Morgan fingerprint density at radius 1 is 1.50 bits per heavy atom. The van der Waals surface area contributed by atoms with Crippen molar-refractivity contribution < 1.29 is 4.79 Å². The van der Waals surface area contributed by atoms with E-state index in [1.165, 1.54) is 0 Å². The molecule has 0 aliphatic rings. The summed E-state index contributed by atoms with van der Waals surface area (Å²) in [6.07, 6.45) is 1.77. The summed E-state index contributed by atoms with van der Waals surface area (Å²) in [7, 11) is 1.74. The zero-order valence-corrected chi connectivity index (χ0v) is 13.6. The van der Waals surface area contributed by atoms with Gasteiger partial charge in [0.05, 0.1) is 11.6 Å². The summed E-state index contributed by atoms with van der Waals surface area (Å²) in [5, 5.41) is 4.93. The maximum absolute atomic E-state index is 12.3. The molecule has 2 rings (SSSR count). The third-order valence-corrected chi connectivity index (χ3v) is 3.73. The van der Waals surface area contributed by atoms with Crippen LogP contribution in [0.2, 0.25) is 5.02 Å². The lowest BCUT2D eigenvalue weighted by atomic mass is 10.2. The first-order valence-corrected chi connectivity index (χ1v) is 7.41. The second-order valence-corrected chi connectivity index (χ2v) is 5.77. The third-order valence-electron chi connectivity index (χ3n) is 2.92. The maximum atomic E-state index is 12.3. The van der Waals surface area contributed by atoms with Crippen LogP contribution in [-0.2, 0) is 13.1 Å². The number of halogens is 2. The van der Waals surface area contributed by atoms with Crippen LogP contribution in [0.3, 0.4) is 0 Å². The topological polar surface area (TPSA) is 38.1 Å². The summed E-state index contributed by atoms with van der Waals surface area (Å²) in [5.74, 6) is -0.0617. The van der Waals surface area contributed by atoms with Crippen molar-refractivity contribution in [2.24, 2.45) is 0 Å². The number of aromatic nitrogens is 2. The van der Waals surface area contributed by atoms with E-state index < -0.39 is 0 Å². The zero-order valence-electron chi connectivity index (χ0n) is 11.3. The molecular weight excluding hydrogens is 342 g/mol. The number of amides is 1. The van der Waals surface area contributed by atoms with E-state index in [1.807, 2.05) is 19.1 Å². The molecule has 106 valence electrons. The number of hydrogen-bond acceptors (Lipinski definition) is 2.